The van der Waals surface area contributed by atoms with E-state index in [-0.39, 0.29) is 23.0 Å². The van der Waals surface area contributed by atoms with E-state index < -0.39 is 0 Å². The minimum atomic E-state index is -0.309. The van der Waals surface area contributed by atoms with Crippen molar-refractivity contribution in [1.82, 2.24) is 9.80 Å². The Morgan fingerprint density at radius 2 is 1.06 bits per heavy atom. The number of nitrogens with zero attached hydrogens (tertiary/aromatic N) is 2. The predicted molar refractivity (Wildman–Crippen MR) is 55.6 cm³/mol. The predicted octanol–water partition coefficient (Wildman–Crippen LogP) is -1.89. The van der Waals surface area contributed by atoms with Crippen molar-refractivity contribution in [2.45, 2.75) is 0 Å². The number of nitrogens with two attached hydrogens (primary N) is 2. The van der Waals surface area contributed by atoms with Crippen LogP contribution in [0.15, 0.2) is 22.8 Å². The van der Waals surface area contributed by atoms with Crippen molar-refractivity contribution in [1.29, 1.82) is 0 Å². The van der Waals surface area contributed by atoms with E-state index in [4.69, 9.17) is 11.5 Å². The van der Waals surface area contributed by atoms with Crippen LogP contribution in [0.5, 0.6) is 0 Å². The Hall–Kier alpha value is -1.98. The molecule has 84 valence electrons. The van der Waals surface area contributed by atoms with E-state index in [2.05, 4.69) is 0 Å². The molecule has 0 radical (unpaired) electrons. The first-order valence-corrected chi connectivity index (χ1v) is 5.20. The second-order valence-electron chi connectivity index (χ2n) is 4.16. The maximum atomic E-state index is 12.0. The molecule has 6 heteroatoms. The number of carbonyl (C=O) groups is 2. The van der Waals surface area contributed by atoms with Crippen molar-refractivity contribution in [2.24, 2.45) is 11.5 Å². The van der Waals surface area contributed by atoms with Crippen LogP contribution in [0.3, 0.4) is 0 Å². The molecule has 2 saturated heterocycles. The van der Waals surface area contributed by atoms with Gasteiger partial charge in [-0.05, 0) is 0 Å². The van der Waals surface area contributed by atoms with Gasteiger partial charge in [0, 0.05) is 26.2 Å². The van der Waals surface area contributed by atoms with Gasteiger partial charge in [0.2, 0.25) is 11.6 Å². The number of ketones is 2. The van der Waals surface area contributed by atoms with Crippen molar-refractivity contribution < 1.29 is 9.59 Å². The summed E-state index contributed by atoms with van der Waals surface area (Å²) < 4.78 is 0. The van der Waals surface area contributed by atoms with E-state index in [9.17, 15) is 9.59 Å². The van der Waals surface area contributed by atoms with Gasteiger partial charge in [-0.3, -0.25) is 9.59 Å². The monoisotopic (exact) mass is 220 g/mol. The molecule has 6 nitrogen and oxygen atoms in total. The van der Waals surface area contributed by atoms with E-state index >= 15 is 0 Å². The van der Waals surface area contributed by atoms with Gasteiger partial charge in [0.1, 0.15) is 22.8 Å². The molecular weight excluding hydrogens is 208 g/mol. The SMILES string of the molecule is NC1=C(N)C(=O)C(N2CC2)=C(N2CC2)C1=O. The molecule has 0 aromatic heterocycles. The fourth-order valence-electron chi connectivity index (χ4n) is 1.85. The van der Waals surface area contributed by atoms with Crippen LogP contribution in [0.1, 0.15) is 0 Å². The molecule has 0 unspecified atom stereocenters. The average Bonchev–Trinajstić information content (AvgIpc) is 3.10. The van der Waals surface area contributed by atoms with Crippen LogP contribution in [0.4, 0.5) is 0 Å². The molecular formula is C10H12N4O2. The Morgan fingerprint density at radius 1 is 0.750 bits per heavy atom. The number of hydrogen-bond donors (Lipinski definition) is 2. The quantitative estimate of drug-likeness (QED) is 0.417. The molecule has 2 heterocycles. The lowest BCUT2D eigenvalue weighted by Gasteiger charge is -2.21. The molecule has 2 fully saturated rings. The third-order valence-corrected chi connectivity index (χ3v) is 2.96. The third kappa shape index (κ3) is 1.13. The highest BCUT2D eigenvalue weighted by Gasteiger charge is 2.42. The fraction of sp³-hybridized carbons (Fsp3) is 0.400. The first-order valence-electron chi connectivity index (χ1n) is 5.20. The standard InChI is InChI=1S/C10H12N4O2/c11-5-6(12)10(16)8(14-3-4-14)7(9(5)15)13-1-2-13/h1-4,11-12H2. The molecule has 0 bridgehead atoms. The summed E-state index contributed by atoms with van der Waals surface area (Å²) in [5.74, 6) is -0.618. The summed E-state index contributed by atoms with van der Waals surface area (Å²) in [6, 6.07) is 0. The van der Waals surface area contributed by atoms with Gasteiger partial charge in [-0.25, -0.2) is 0 Å². The van der Waals surface area contributed by atoms with E-state index in [1.807, 2.05) is 9.80 Å². The van der Waals surface area contributed by atoms with Crippen LogP contribution in [-0.4, -0.2) is 47.5 Å². The van der Waals surface area contributed by atoms with Crippen molar-refractivity contribution >= 4 is 11.6 Å². The molecule has 0 spiro atoms. The van der Waals surface area contributed by atoms with Crippen LogP contribution in [0.25, 0.3) is 0 Å². The van der Waals surface area contributed by atoms with Crippen molar-refractivity contribution in [3.63, 3.8) is 0 Å². The van der Waals surface area contributed by atoms with E-state index in [1.54, 1.807) is 0 Å². The zero-order chi connectivity index (χ0) is 11.4. The van der Waals surface area contributed by atoms with Gasteiger partial charge in [0.05, 0.1) is 0 Å². The largest absolute Gasteiger partial charge is 0.394 e. The minimum absolute atomic E-state index is 0.113. The normalized spacial score (nSPS) is 24.5. The van der Waals surface area contributed by atoms with Gasteiger partial charge < -0.3 is 21.3 Å². The molecule has 1 aliphatic carbocycles. The summed E-state index contributed by atoms with van der Waals surface area (Å²) in [7, 11) is 0. The van der Waals surface area contributed by atoms with Gasteiger partial charge in [0.15, 0.2) is 0 Å². The fourth-order valence-corrected chi connectivity index (χ4v) is 1.85. The molecule has 16 heavy (non-hydrogen) atoms. The van der Waals surface area contributed by atoms with Crippen LogP contribution < -0.4 is 11.5 Å². The Bertz CT molecular complexity index is 427. The average molecular weight is 220 g/mol. The van der Waals surface area contributed by atoms with Gasteiger partial charge in [0.25, 0.3) is 0 Å². The third-order valence-electron chi connectivity index (χ3n) is 2.96. The summed E-state index contributed by atoms with van der Waals surface area (Å²) in [5.41, 5.74) is 11.8. The topological polar surface area (TPSA) is 92.2 Å². The first kappa shape index (κ1) is 9.26. The zero-order valence-electron chi connectivity index (χ0n) is 8.69. The molecule has 0 aromatic rings. The molecule has 0 amide bonds. The van der Waals surface area contributed by atoms with Crippen molar-refractivity contribution in [3.8, 4) is 0 Å². The summed E-state index contributed by atoms with van der Waals surface area (Å²) >= 11 is 0. The van der Waals surface area contributed by atoms with Gasteiger partial charge >= 0.3 is 0 Å². The lowest BCUT2D eigenvalue weighted by molar-refractivity contribution is -0.118. The summed E-state index contributed by atoms with van der Waals surface area (Å²) in [6.45, 7) is 3.22. The molecule has 0 aromatic carbocycles. The second kappa shape index (κ2) is 2.78. The van der Waals surface area contributed by atoms with Crippen LogP contribution in [0.2, 0.25) is 0 Å². The van der Waals surface area contributed by atoms with Gasteiger partial charge in [-0.1, -0.05) is 0 Å². The van der Waals surface area contributed by atoms with Crippen molar-refractivity contribution in [3.05, 3.63) is 22.8 Å². The molecule has 3 aliphatic rings. The highest BCUT2D eigenvalue weighted by molar-refractivity contribution is 6.24. The van der Waals surface area contributed by atoms with Gasteiger partial charge in [-0.15, -0.1) is 0 Å². The lowest BCUT2D eigenvalue weighted by Crippen LogP contribution is -2.36. The highest BCUT2D eigenvalue weighted by atomic mass is 16.1. The Morgan fingerprint density at radius 3 is 1.31 bits per heavy atom. The van der Waals surface area contributed by atoms with Crippen LogP contribution >= 0.6 is 0 Å². The minimum Gasteiger partial charge on any atom is -0.394 e. The molecule has 0 atom stereocenters. The smallest absolute Gasteiger partial charge is 0.229 e. The number of carbonyl (C=O) groups excluding carboxylic acids is 2. The number of Topliss-reactive ketones (excluding diaryl/α,β-unsaturated/α-hetero) is 2. The van der Waals surface area contributed by atoms with Crippen molar-refractivity contribution in [2.75, 3.05) is 26.2 Å². The Labute approximate surface area is 92.1 Å². The molecule has 3 rings (SSSR count). The molecule has 2 aliphatic heterocycles. The highest BCUT2D eigenvalue weighted by Crippen LogP contribution is 2.31. The van der Waals surface area contributed by atoms with Crippen LogP contribution in [0, 0.1) is 0 Å². The summed E-state index contributed by atoms with van der Waals surface area (Å²) in [4.78, 5) is 27.6. The van der Waals surface area contributed by atoms with E-state index in [0.717, 1.165) is 26.2 Å². The zero-order valence-corrected chi connectivity index (χ0v) is 8.69. The Balaban J connectivity index is 2.12. The summed E-state index contributed by atoms with van der Waals surface area (Å²) in [6.07, 6.45) is 0. The molecule has 0 saturated carbocycles. The van der Waals surface area contributed by atoms with Gasteiger partial charge in [-0.2, -0.15) is 0 Å². The second-order valence-corrected chi connectivity index (χ2v) is 4.16. The van der Waals surface area contributed by atoms with Crippen LogP contribution in [-0.2, 0) is 9.59 Å². The number of hydrogen-bond acceptors (Lipinski definition) is 6. The van der Waals surface area contributed by atoms with E-state index in [1.165, 1.54) is 0 Å². The first-order chi connectivity index (χ1) is 7.61. The molecule has 4 N–H and O–H groups in total. The van der Waals surface area contributed by atoms with E-state index in [0.29, 0.717) is 11.4 Å². The maximum absolute atomic E-state index is 12.0. The Kier molecular flexibility index (Phi) is 1.61. The lowest BCUT2D eigenvalue weighted by atomic mass is 10.00. The maximum Gasteiger partial charge on any atom is 0.229 e. The number of rotatable bonds is 2. The summed E-state index contributed by atoms with van der Waals surface area (Å²) in [5, 5.41) is 0.